The SMILES string of the molecule is Cc1ccc(SC2CCCC2)c(C(=O)NCCOCC(=O)O)c1. The van der Waals surface area contributed by atoms with E-state index in [-0.39, 0.29) is 19.1 Å². The Kier molecular flexibility index (Phi) is 6.92. The van der Waals surface area contributed by atoms with Crippen LogP contribution in [0.1, 0.15) is 41.6 Å². The first-order valence-electron chi connectivity index (χ1n) is 7.91. The summed E-state index contributed by atoms with van der Waals surface area (Å²) in [6.45, 7) is 2.11. The highest BCUT2D eigenvalue weighted by molar-refractivity contribution is 8.00. The maximum atomic E-state index is 12.4. The quantitative estimate of drug-likeness (QED) is 0.714. The van der Waals surface area contributed by atoms with Gasteiger partial charge >= 0.3 is 5.97 Å². The number of thioether (sulfide) groups is 1. The lowest BCUT2D eigenvalue weighted by Gasteiger charge is -2.14. The van der Waals surface area contributed by atoms with E-state index in [0.29, 0.717) is 17.4 Å². The van der Waals surface area contributed by atoms with Crippen LogP contribution in [0.4, 0.5) is 0 Å². The largest absolute Gasteiger partial charge is 0.480 e. The van der Waals surface area contributed by atoms with Crippen molar-refractivity contribution >= 4 is 23.6 Å². The van der Waals surface area contributed by atoms with Gasteiger partial charge in [0.2, 0.25) is 0 Å². The number of aryl methyl sites for hydroxylation is 1. The Hall–Kier alpha value is -1.53. The molecule has 23 heavy (non-hydrogen) atoms. The smallest absolute Gasteiger partial charge is 0.329 e. The van der Waals surface area contributed by atoms with Crippen LogP contribution in [0.15, 0.2) is 23.1 Å². The molecular weight excluding hydrogens is 314 g/mol. The van der Waals surface area contributed by atoms with E-state index in [1.807, 2.05) is 25.1 Å². The Morgan fingerprint density at radius 3 is 2.78 bits per heavy atom. The number of carboxylic acids is 1. The first-order valence-corrected chi connectivity index (χ1v) is 8.79. The minimum Gasteiger partial charge on any atom is -0.480 e. The van der Waals surface area contributed by atoms with E-state index in [9.17, 15) is 9.59 Å². The molecule has 1 saturated carbocycles. The molecule has 0 heterocycles. The summed E-state index contributed by atoms with van der Waals surface area (Å²) in [6.07, 6.45) is 4.96. The fraction of sp³-hybridized carbons (Fsp3) is 0.529. The molecule has 1 amide bonds. The molecule has 126 valence electrons. The first-order chi connectivity index (χ1) is 11.1. The molecule has 6 heteroatoms. The lowest BCUT2D eigenvalue weighted by molar-refractivity contribution is -0.142. The van der Waals surface area contributed by atoms with Crippen LogP contribution >= 0.6 is 11.8 Å². The second-order valence-corrected chi connectivity index (χ2v) is 7.07. The number of hydrogen-bond donors (Lipinski definition) is 2. The van der Waals surface area contributed by atoms with E-state index in [2.05, 4.69) is 5.32 Å². The summed E-state index contributed by atoms with van der Waals surface area (Å²) >= 11 is 1.79. The third kappa shape index (κ3) is 5.88. The van der Waals surface area contributed by atoms with Gasteiger partial charge in [0.05, 0.1) is 12.2 Å². The molecule has 0 unspecified atom stereocenters. The Balaban J connectivity index is 1.92. The van der Waals surface area contributed by atoms with Crippen LogP contribution in [-0.2, 0) is 9.53 Å². The Morgan fingerprint density at radius 1 is 1.35 bits per heavy atom. The summed E-state index contributed by atoms with van der Waals surface area (Å²) in [7, 11) is 0. The van der Waals surface area contributed by atoms with Crippen LogP contribution in [0.5, 0.6) is 0 Å². The third-order valence-corrected chi connectivity index (χ3v) is 5.15. The van der Waals surface area contributed by atoms with Gasteiger partial charge in [-0.3, -0.25) is 4.79 Å². The first kappa shape index (κ1) is 17.8. The van der Waals surface area contributed by atoms with Crippen molar-refractivity contribution in [3.63, 3.8) is 0 Å². The average molecular weight is 337 g/mol. The highest BCUT2D eigenvalue weighted by atomic mass is 32.2. The summed E-state index contributed by atoms with van der Waals surface area (Å²) in [4.78, 5) is 23.8. The lowest BCUT2D eigenvalue weighted by atomic mass is 10.1. The number of hydrogen-bond acceptors (Lipinski definition) is 4. The van der Waals surface area contributed by atoms with Crippen molar-refractivity contribution in [2.24, 2.45) is 0 Å². The number of carbonyl (C=O) groups is 2. The van der Waals surface area contributed by atoms with Gasteiger partial charge in [0.25, 0.3) is 5.91 Å². The van der Waals surface area contributed by atoms with Gasteiger partial charge in [-0.05, 0) is 31.9 Å². The van der Waals surface area contributed by atoms with Gasteiger partial charge in [-0.2, -0.15) is 0 Å². The molecule has 1 fully saturated rings. The normalized spacial score (nSPS) is 14.8. The summed E-state index contributed by atoms with van der Waals surface area (Å²) in [6, 6.07) is 5.96. The molecule has 0 aliphatic heterocycles. The van der Waals surface area contributed by atoms with Crippen LogP contribution in [0.25, 0.3) is 0 Å². The van der Waals surface area contributed by atoms with Crippen LogP contribution in [0, 0.1) is 6.92 Å². The number of ether oxygens (including phenoxy) is 1. The van der Waals surface area contributed by atoms with E-state index in [1.165, 1.54) is 25.7 Å². The number of amides is 1. The monoisotopic (exact) mass is 337 g/mol. The molecule has 1 aliphatic rings. The van der Waals surface area contributed by atoms with E-state index in [4.69, 9.17) is 9.84 Å². The summed E-state index contributed by atoms with van der Waals surface area (Å²) in [5.74, 6) is -1.14. The van der Waals surface area contributed by atoms with Gasteiger partial charge in [-0.1, -0.05) is 24.5 Å². The molecule has 0 saturated heterocycles. The van der Waals surface area contributed by atoms with Gasteiger partial charge in [-0.25, -0.2) is 4.79 Å². The van der Waals surface area contributed by atoms with Crippen LogP contribution in [-0.4, -0.2) is 42.0 Å². The Morgan fingerprint density at radius 2 is 2.09 bits per heavy atom. The molecule has 1 aromatic rings. The summed E-state index contributed by atoms with van der Waals surface area (Å²) in [5.41, 5.74) is 1.74. The fourth-order valence-electron chi connectivity index (χ4n) is 2.60. The van der Waals surface area contributed by atoms with E-state index < -0.39 is 5.97 Å². The van der Waals surface area contributed by atoms with Gasteiger partial charge < -0.3 is 15.2 Å². The zero-order valence-corrected chi connectivity index (χ0v) is 14.2. The molecule has 1 aromatic carbocycles. The number of carboxylic acid groups (broad SMARTS) is 1. The minimum atomic E-state index is -1.01. The van der Waals surface area contributed by atoms with Crippen molar-refractivity contribution < 1.29 is 19.4 Å². The number of rotatable bonds is 8. The third-order valence-electron chi connectivity index (χ3n) is 3.73. The van der Waals surface area contributed by atoms with Gasteiger partial charge in [0, 0.05) is 16.7 Å². The lowest BCUT2D eigenvalue weighted by Crippen LogP contribution is -2.28. The predicted molar refractivity (Wildman–Crippen MR) is 90.1 cm³/mol. The average Bonchev–Trinajstić information content (AvgIpc) is 3.01. The number of nitrogens with one attached hydrogen (secondary N) is 1. The molecule has 5 nitrogen and oxygen atoms in total. The van der Waals surface area contributed by atoms with Gasteiger partial charge in [0.15, 0.2) is 0 Å². The van der Waals surface area contributed by atoms with Gasteiger partial charge in [-0.15, -0.1) is 11.8 Å². The molecule has 0 atom stereocenters. The summed E-state index contributed by atoms with van der Waals surface area (Å²) < 4.78 is 4.92. The standard InChI is InChI=1S/C17H23NO4S/c1-12-6-7-15(23-13-4-2-3-5-13)14(10-12)17(21)18-8-9-22-11-16(19)20/h6-7,10,13H,2-5,8-9,11H2,1H3,(H,18,21)(H,19,20). The molecule has 0 radical (unpaired) electrons. The molecule has 0 bridgehead atoms. The predicted octanol–water partition coefficient (Wildman–Crippen LogP) is 2.86. The fourth-order valence-corrected chi connectivity index (χ4v) is 3.95. The van der Waals surface area contributed by atoms with Crippen molar-refractivity contribution in [2.75, 3.05) is 19.8 Å². The molecule has 1 aliphatic carbocycles. The van der Waals surface area contributed by atoms with E-state index in [0.717, 1.165) is 10.5 Å². The van der Waals surface area contributed by atoms with Crippen molar-refractivity contribution in [2.45, 2.75) is 42.8 Å². The second-order valence-electron chi connectivity index (χ2n) is 5.73. The van der Waals surface area contributed by atoms with Crippen LogP contribution < -0.4 is 5.32 Å². The van der Waals surface area contributed by atoms with Crippen LogP contribution in [0.2, 0.25) is 0 Å². The van der Waals surface area contributed by atoms with Gasteiger partial charge in [0.1, 0.15) is 6.61 Å². The maximum Gasteiger partial charge on any atom is 0.329 e. The zero-order valence-electron chi connectivity index (χ0n) is 13.3. The highest BCUT2D eigenvalue weighted by Gasteiger charge is 2.19. The molecule has 0 spiro atoms. The molecule has 2 N–H and O–H groups in total. The number of benzene rings is 1. The topological polar surface area (TPSA) is 75.6 Å². The Labute approximate surface area is 140 Å². The van der Waals surface area contributed by atoms with E-state index in [1.54, 1.807) is 11.8 Å². The second kappa shape index (κ2) is 8.93. The number of carbonyl (C=O) groups excluding carboxylic acids is 1. The summed E-state index contributed by atoms with van der Waals surface area (Å²) in [5, 5.41) is 11.9. The molecule has 0 aromatic heterocycles. The van der Waals surface area contributed by atoms with Crippen LogP contribution in [0.3, 0.4) is 0 Å². The number of aliphatic carboxylic acids is 1. The van der Waals surface area contributed by atoms with Crippen molar-refractivity contribution in [1.29, 1.82) is 0 Å². The van der Waals surface area contributed by atoms with Crippen molar-refractivity contribution in [3.05, 3.63) is 29.3 Å². The molecule has 2 rings (SSSR count). The Bertz CT molecular complexity index is 556. The van der Waals surface area contributed by atoms with Crippen molar-refractivity contribution in [1.82, 2.24) is 5.32 Å². The van der Waals surface area contributed by atoms with Crippen molar-refractivity contribution in [3.8, 4) is 0 Å². The highest BCUT2D eigenvalue weighted by Crippen LogP contribution is 2.36. The maximum absolute atomic E-state index is 12.4. The zero-order chi connectivity index (χ0) is 16.7. The molecular formula is C17H23NO4S. The minimum absolute atomic E-state index is 0.131. The van der Waals surface area contributed by atoms with E-state index >= 15 is 0 Å².